The lowest BCUT2D eigenvalue weighted by atomic mass is 9.82. The molecular formula is C15H20BN. The van der Waals surface area contributed by atoms with Gasteiger partial charge in [-0.3, -0.25) is 0 Å². The van der Waals surface area contributed by atoms with Crippen molar-refractivity contribution in [1.82, 2.24) is 5.32 Å². The van der Waals surface area contributed by atoms with Gasteiger partial charge in [0.15, 0.2) is 0 Å². The Balaban J connectivity index is 2.29. The van der Waals surface area contributed by atoms with Crippen molar-refractivity contribution in [1.29, 1.82) is 0 Å². The quantitative estimate of drug-likeness (QED) is 0.761. The van der Waals surface area contributed by atoms with Gasteiger partial charge >= 0.3 is 0 Å². The molecule has 0 amide bonds. The van der Waals surface area contributed by atoms with Crippen LogP contribution in [0.1, 0.15) is 32.3 Å². The largest absolute Gasteiger partial charge is 0.317 e. The van der Waals surface area contributed by atoms with Gasteiger partial charge in [0.1, 0.15) is 7.85 Å². The van der Waals surface area contributed by atoms with Crippen LogP contribution in [0.4, 0.5) is 0 Å². The maximum Gasteiger partial charge on any atom is 0.113 e. The van der Waals surface area contributed by atoms with Crippen molar-refractivity contribution < 1.29 is 0 Å². The first kappa shape index (κ1) is 12.4. The van der Waals surface area contributed by atoms with Gasteiger partial charge in [0.05, 0.1) is 0 Å². The molecule has 1 aromatic rings. The van der Waals surface area contributed by atoms with E-state index in [-0.39, 0.29) is 0 Å². The van der Waals surface area contributed by atoms with Gasteiger partial charge in [-0.25, -0.2) is 0 Å². The average molecular weight is 225 g/mol. The summed E-state index contributed by atoms with van der Waals surface area (Å²) in [6, 6.07) is 8.30. The van der Waals surface area contributed by atoms with Crippen LogP contribution >= 0.6 is 0 Å². The molecule has 0 unspecified atom stereocenters. The number of nitrogens with one attached hydrogen (secondary N) is 1. The van der Waals surface area contributed by atoms with Crippen molar-refractivity contribution in [2.45, 2.75) is 26.7 Å². The van der Waals surface area contributed by atoms with Crippen molar-refractivity contribution in [2.24, 2.45) is 5.92 Å². The van der Waals surface area contributed by atoms with Gasteiger partial charge < -0.3 is 5.32 Å². The zero-order chi connectivity index (χ0) is 12.3. The Bertz CT molecular complexity index is 395. The molecule has 88 valence electrons. The Kier molecular flexibility index (Phi) is 4.06. The lowest BCUT2D eigenvalue weighted by Gasteiger charge is -2.27. The second-order valence-electron chi connectivity index (χ2n) is 5.06. The summed E-state index contributed by atoms with van der Waals surface area (Å²) < 4.78 is 0. The van der Waals surface area contributed by atoms with Gasteiger partial charge in [0, 0.05) is 0 Å². The predicted octanol–water partition coefficient (Wildman–Crippen LogP) is 2.27. The lowest BCUT2D eigenvalue weighted by molar-refractivity contribution is 0.445. The number of rotatable bonds is 2. The van der Waals surface area contributed by atoms with E-state index in [1.54, 1.807) is 0 Å². The molecule has 1 aromatic carbocycles. The summed E-state index contributed by atoms with van der Waals surface area (Å²) in [7, 11) is 5.76. The second kappa shape index (κ2) is 5.55. The third kappa shape index (κ3) is 3.01. The van der Waals surface area contributed by atoms with Crippen molar-refractivity contribution in [3.8, 4) is 0 Å². The van der Waals surface area contributed by atoms with E-state index in [0.29, 0.717) is 5.92 Å². The fraction of sp³-hybridized carbons (Fsp3) is 0.467. The highest BCUT2D eigenvalue weighted by Gasteiger charge is 2.19. The van der Waals surface area contributed by atoms with Crippen molar-refractivity contribution in [3.63, 3.8) is 0 Å². The van der Waals surface area contributed by atoms with Crippen LogP contribution in [-0.4, -0.2) is 20.9 Å². The van der Waals surface area contributed by atoms with Crippen LogP contribution in [0.5, 0.6) is 0 Å². The second-order valence-corrected chi connectivity index (χ2v) is 5.06. The Hall–Kier alpha value is -1.02. The zero-order valence-electron chi connectivity index (χ0n) is 10.8. The van der Waals surface area contributed by atoms with Gasteiger partial charge in [-0.2, -0.15) is 0 Å². The van der Waals surface area contributed by atoms with Crippen molar-refractivity contribution >= 4 is 18.9 Å². The van der Waals surface area contributed by atoms with Crippen molar-refractivity contribution in [2.75, 3.05) is 13.1 Å². The summed E-state index contributed by atoms with van der Waals surface area (Å²) in [5, 5.41) is 3.43. The molecule has 1 fully saturated rings. The summed E-state index contributed by atoms with van der Waals surface area (Å²) in [5.41, 5.74) is 5.13. The molecule has 0 aromatic heterocycles. The Morgan fingerprint density at radius 2 is 1.71 bits per heavy atom. The minimum Gasteiger partial charge on any atom is -0.317 e. The topological polar surface area (TPSA) is 12.0 Å². The van der Waals surface area contributed by atoms with Crippen LogP contribution in [0.2, 0.25) is 0 Å². The summed E-state index contributed by atoms with van der Waals surface area (Å²) in [5.74, 6) is 0.699. The van der Waals surface area contributed by atoms with Crippen molar-refractivity contribution in [3.05, 3.63) is 35.4 Å². The van der Waals surface area contributed by atoms with E-state index in [1.807, 2.05) is 12.1 Å². The molecular weight excluding hydrogens is 205 g/mol. The number of hydrogen-bond acceptors (Lipinski definition) is 1. The maximum atomic E-state index is 5.76. The van der Waals surface area contributed by atoms with Gasteiger partial charge in [-0.05, 0) is 56.8 Å². The highest BCUT2D eigenvalue weighted by Crippen LogP contribution is 2.32. The molecule has 0 bridgehead atoms. The molecule has 1 aliphatic heterocycles. The molecule has 0 spiro atoms. The lowest BCUT2D eigenvalue weighted by Crippen LogP contribution is -2.28. The molecule has 1 nitrogen and oxygen atoms in total. The number of hydrogen-bond donors (Lipinski definition) is 1. The molecule has 0 saturated carbocycles. The standard InChI is InChI=1S/C15H20BN/c1-11(2)15(13-7-9-17-10-8-13)12-3-5-14(16)6-4-12/h3-6,13,17H,7-10H2,1-2H3. The van der Waals surface area contributed by atoms with E-state index >= 15 is 0 Å². The molecule has 2 heteroatoms. The first-order valence-corrected chi connectivity index (χ1v) is 6.42. The fourth-order valence-electron chi connectivity index (χ4n) is 2.71. The third-order valence-electron chi connectivity index (χ3n) is 3.51. The van der Waals surface area contributed by atoms with Crippen LogP contribution in [0.25, 0.3) is 5.57 Å². The summed E-state index contributed by atoms with van der Waals surface area (Å²) in [6.45, 7) is 6.70. The minimum atomic E-state index is 0.699. The van der Waals surface area contributed by atoms with Gasteiger partial charge in [0.25, 0.3) is 0 Å². The van der Waals surface area contributed by atoms with E-state index < -0.39 is 0 Å². The molecule has 2 rings (SSSR count). The van der Waals surface area contributed by atoms with Gasteiger partial charge in [-0.15, -0.1) is 0 Å². The molecule has 1 N–H and O–H groups in total. The molecule has 2 radical (unpaired) electrons. The first-order valence-electron chi connectivity index (χ1n) is 6.42. The molecule has 0 atom stereocenters. The van der Waals surface area contributed by atoms with E-state index in [1.165, 1.54) is 29.6 Å². The van der Waals surface area contributed by atoms with E-state index in [9.17, 15) is 0 Å². The van der Waals surface area contributed by atoms with E-state index in [0.717, 1.165) is 18.6 Å². The highest BCUT2D eigenvalue weighted by atomic mass is 14.9. The Morgan fingerprint density at radius 1 is 1.12 bits per heavy atom. The zero-order valence-corrected chi connectivity index (χ0v) is 10.8. The Morgan fingerprint density at radius 3 is 2.24 bits per heavy atom. The normalized spacial score (nSPS) is 16.8. The highest BCUT2D eigenvalue weighted by molar-refractivity contribution is 6.32. The number of piperidine rings is 1. The fourth-order valence-corrected chi connectivity index (χ4v) is 2.71. The predicted molar refractivity (Wildman–Crippen MR) is 75.7 cm³/mol. The number of allylic oxidation sites excluding steroid dienone is 2. The molecule has 1 saturated heterocycles. The minimum absolute atomic E-state index is 0.699. The Labute approximate surface area is 106 Å². The summed E-state index contributed by atoms with van der Waals surface area (Å²) >= 11 is 0. The monoisotopic (exact) mass is 225 g/mol. The molecule has 17 heavy (non-hydrogen) atoms. The van der Waals surface area contributed by atoms with Crippen LogP contribution in [0.3, 0.4) is 0 Å². The summed E-state index contributed by atoms with van der Waals surface area (Å²) in [4.78, 5) is 0. The van der Waals surface area contributed by atoms with E-state index in [2.05, 4.69) is 31.3 Å². The van der Waals surface area contributed by atoms with Gasteiger partial charge in [-0.1, -0.05) is 35.3 Å². The first-order chi connectivity index (χ1) is 8.18. The third-order valence-corrected chi connectivity index (χ3v) is 3.51. The number of benzene rings is 1. The molecule has 1 heterocycles. The van der Waals surface area contributed by atoms with Crippen LogP contribution in [-0.2, 0) is 0 Å². The maximum absolute atomic E-state index is 5.76. The molecule has 0 aliphatic carbocycles. The summed E-state index contributed by atoms with van der Waals surface area (Å²) in [6.07, 6.45) is 2.48. The van der Waals surface area contributed by atoms with Crippen LogP contribution in [0, 0.1) is 5.92 Å². The van der Waals surface area contributed by atoms with Gasteiger partial charge in [0.2, 0.25) is 0 Å². The van der Waals surface area contributed by atoms with Crippen LogP contribution in [0.15, 0.2) is 29.8 Å². The SMILES string of the molecule is [B]c1ccc(C(=C(C)C)C2CCNCC2)cc1. The van der Waals surface area contributed by atoms with Crippen LogP contribution < -0.4 is 10.8 Å². The smallest absolute Gasteiger partial charge is 0.113 e. The molecule has 1 aliphatic rings. The average Bonchev–Trinajstić information content (AvgIpc) is 2.33. The van der Waals surface area contributed by atoms with E-state index in [4.69, 9.17) is 7.85 Å².